The summed E-state index contributed by atoms with van der Waals surface area (Å²) in [6.07, 6.45) is -10.8. The van der Waals surface area contributed by atoms with Crippen molar-refractivity contribution in [1.82, 2.24) is 5.32 Å². The summed E-state index contributed by atoms with van der Waals surface area (Å²) in [6, 6.07) is 0.265. The van der Waals surface area contributed by atoms with Crippen molar-refractivity contribution in [1.29, 1.82) is 0 Å². The van der Waals surface area contributed by atoms with E-state index in [9.17, 15) is 31.1 Å². The van der Waals surface area contributed by atoms with Crippen molar-refractivity contribution in [2.45, 2.75) is 32.2 Å². The van der Waals surface area contributed by atoms with Crippen molar-refractivity contribution in [2.24, 2.45) is 5.41 Å². The molecule has 0 aromatic heterocycles. The van der Waals surface area contributed by atoms with E-state index < -0.39 is 46.6 Å². The zero-order valence-electron chi connectivity index (χ0n) is 12.1. The third-order valence-electron chi connectivity index (χ3n) is 3.62. The number of benzene rings is 1. The maximum Gasteiger partial charge on any atom is 0.416 e. The van der Waals surface area contributed by atoms with Gasteiger partial charge in [0.05, 0.1) is 17.2 Å². The molecule has 1 atom stereocenters. The van der Waals surface area contributed by atoms with Crippen LogP contribution in [0.3, 0.4) is 0 Å². The Labute approximate surface area is 127 Å². The number of hydrogen-bond acceptors (Lipinski definition) is 2. The number of carbonyl (C=O) groups excluding carboxylic acids is 1. The molecule has 0 saturated carbocycles. The molecule has 1 heterocycles. The highest BCUT2D eigenvalue weighted by Crippen LogP contribution is 2.44. The molecule has 1 saturated heterocycles. The molecule has 0 unspecified atom stereocenters. The van der Waals surface area contributed by atoms with Crippen LogP contribution in [0.2, 0.25) is 0 Å². The molecular weight excluding hydrogens is 328 g/mol. The van der Waals surface area contributed by atoms with Crippen molar-refractivity contribution in [3.63, 3.8) is 0 Å². The number of alkyl carbamates (subject to hydrolysis) is 1. The second-order valence-electron chi connectivity index (χ2n) is 5.94. The molecule has 128 valence electrons. The lowest BCUT2D eigenvalue weighted by Gasteiger charge is -2.39. The van der Waals surface area contributed by atoms with Gasteiger partial charge in [-0.2, -0.15) is 26.3 Å². The normalized spacial score (nSPS) is 21.6. The Hall–Kier alpha value is -1.93. The molecule has 0 spiro atoms. The Morgan fingerprint density at radius 1 is 1.13 bits per heavy atom. The van der Waals surface area contributed by atoms with Crippen LogP contribution in [-0.2, 0) is 17.1 Å². The highest BCUT2D eigenvalue weighted by atomic mass is 19.4. The predicted octanol–water partition coefficient (Wildman–Crippen LogP) is 4.53. The van der Waals surface area contributed by atoms with E-state index in [0.717, 1.165) is 6.07 Å². The summed E-state index contributed by atoms with van der Waals surface area (Å²) in [4.78, 5) is 11.3. The molecular formula is C14H13F6NO2. The van der Waals surface area contributed by atoms with Gasteiger partial charge in [0, 0.05) is 5.41 Å². The van der Waals surface area contributed by atoms with Gasteiger partial charge in [-0.15, -0.1) is 0 Å². The van der Waals surface area contributed by atoms with E-state index in [1.807, 2.05) is 0 Å². The number of hydrogen-bond donors (Lipinski definition) is 1. The van der Waals surface area contributed by atoms with Crippen LogP contribution in [0, 0.1) is 5.41 Å². The van der Waals surface area contributed by atoms with E-state index in [-0.39, 0.29) is 12.7 Å². The zero-order chi connectivity index (χ0) is 17.6. The lowest BCUT2D eigenvalue weighted by atomic mass is 9.78. The Bertz CT molecular complexity index is 621. The van der Waals surface area contributed by atoms with Crippen molar-refractivity contribution < 1.29 is 35.9 Å². The topological polar surface area (TPSA) is 38.3 Å². The number of carbonyl (C=O) groups is 1. The summed E-state index contributed by atoms with van der Waals surface area (Å²) in [7, 11) is 0. The van der Waals surface area contributed by atoms with E-state index in [4.69, 9.17) is 4.74 Å². The molecule has 1 aromatic carbocycles. The predicted molar refractivity (Wildman–Crippen MR) is 67.5 cm³/mol. The Kier molecular flexibility index (Phi) is 4.02. The third kappa shape index (κ3) is 3.53. The molecule has 1 N–H and O–H groups in total. The summed E-state index contributed by atoms with van der Waals surface area (Å²) >= 11 is 0. The number of halogens is 6. The molecule has 0 bridgehead atoms. The van der Waals surface area contributed by atoms with Crippen molar-refractivity contribution >= 4 is 6.09 Å². The molecule has 1 aliphatic heterocycles. The van der Waals surface area contributed by atoms with Gasteiger partial charge in [-0.3, -0.25) is 0 Å². The minimum atomic E-state index is -4.99. The number of rotatable bonds is 1. The second-order valence-corrected chi connectivity index (χ2v) is 5.94. The maximum absolute atomic E-state index is 13.2. The van der Waals surface area contributed by atoms with Gasteiger partial charge >= 0.3 is 18.4 Å². The summed E-state index contributed by atoms with van der Waals surface area (Å²) in [6.45, 7) is 2.95. The average Bonchev–Trinajstić information content (AvgIpc) is 2.39. The monoisotopic (exact) mass is 341 g/mol. The first-order chi connectivity index (χ1) is 10.3. The molecule has 0 aliphatic carbocycles. The first kappa shape index (κ1) is 17.4. The number of nitrogens with one attached hydrogen (secondary N) is 1. The highest BCUT2D eigenvalue weighted by Gasteiger charge is 2.44. The van der Waals surface area contributed by atoms with Gasteiger partial charge in [0.1, 0.15) is 6.61 Å². The van der Waals surface area contributed by atoms with E-state index in [0.29, 0.717) is 6.07 Å². The highest BCUT2D eigenvalue weighted by molar-refractivity contribution is 5.69. The molecule has 0 radical (unpaired) electrons. The van der Waals surface area contributed by atoms with Gasteiger partial charge in [-0.05, 0) is 17.7 Å². The third-order valence-corrected chi connectivity index (χ3v) is 3.62. The molecule has 1 aliphatic rings. The van der Waals surface area contributed by atoms with E-state index >= 15 is 0 Å². The lowest BCUT2D eigenvalue weighted by Crippen LogP contribution is -2.47. The van der Waals surface area contributed by atoms with Crippen LogP contribution >= 0.6 is 0 Å². The first-order valence-electron chi connectivity index (χ1n) is 6.54. The van der Waals surface area contributed by atoms with E-state index in [1.165, 1.54) is 0 Å². The van der Waals surface area contributed by atoms with Crippen LogP contribution in [0.1, 0.15) is 36.6 Å². The molecule has 23 heavy (non-hydrogen) atoms. The smallest absolute Gasteiger partial charge is 0.416 e. The lowest BCUT2D eigenvalue weighted by molar-refractivity contribution is -0.144. The molecule has 1 fully saturated rings. The Morgan fingerprint density at radius 2 is 1.74 bits per heavy atom. The Balaban J connectivity index is 2.59. The van der Waals surface area contributed by atoms with Crippen molar-refractivity contribution in [2.75, 3.05) is 6.61 Å². The van der Waals surface area contributed by atoms with E-state index in [1.54, 1.807) is 13.8 Å². The van der Waals surface area contributed by atoms with Crippen LogP contribution in [0.15, 0.2) is 18.2 Å². The van der Waals surface area contributed by atoms with Crippen LogP contribution < -0.4 is 5.32 Å². The fourth-order valence-corrected chi connectivity index (χ4v) is 2.42. The fourth-order valence-electron chi connectivity index (χ4n) is 2.42. The van der Waals surface area contributed by atoms with Gasteiger partial charge in [0.25, 0.3) is 0 Å². The second kappa shape index (κ2) is 5.31. The fraction of sp³-hybridized carbons (Fsp3) is 0.500. The van der Waals surface area contributed by atoms with Crippen LogP contribution in [0.5, 0.6) is 0 Å². The summed E-state index contributed by atoms with van der Waals surface area (Å²) < 4.78 is 82.4. The first-order valence-corrected chi connectivity index (χ1v) is 6.54. The minimum absolute atomic E-state index is 0.0625. The molecule has 1 amide bonds. The minimum Gasteiger partial charge on any atom is -0.449 e. The van der Waals surface area contributed by atoms with Crippen LogP contribution in [-0.4, -0.2) is 12.7 Å². The van der Waals surface area contributed by atoms with Gasteiger partial charge in [0.2, 0.25) is 0 Å². The number of ether oxygens (including phenoxy) is 1. The number of cyclic esters (lactones) is 1. The zero-order valence-corrected chi connectivity index (χ0v) is 12.1. The number of amides is 1. The van der Waals surface area contributed by atoms with Crippen LogP contribution in [0.25, 0.3) is 0 Å². The summed E-state index contributed by atoms with van der Waals surface area (Å²) in [5.74, 6) is 0. The molecule has 3 nitrogen and oxygen atoms in total. The largest absolute Gasteiger partial charge is 0.449 e. The van der Waals surface area contributed by atoms with Gasteiger partial charge in [-0.25, -0.2) is 4.79 Å². The van der Waals surface area contributed by atoms with Crippen molar-refractivity contribution in [3.05, 3.63) is 34.9 Å². The summed E-state index contributed by atoms with van der Waals surface area (Å²) in [5, 5.41) is 2.25. The summed E-state index contributed by atoms with van der Waals surface area (Å²) in [5.41, 5.74) is -4.17. The quantitative estimate of drug-likeness (QED) is 0.762. The molecule has 2 rings (SSSR count). The maximum atomic E-state index is 13.2. The van der Waals surface area contributed by atoms with Gasteiger partial charge in [-0.1, -0.05) is 19.9 Å². The van der Waals surface area contributed by atoms with Crippen molar-refractivity contribution in [3.8, 4) is 0 Å². The van der Waals surface area contributed by atoms with Crippen LogP contribution in [0.4, 0.5) is 31.1 Å². The van der Waals surface area contributed by atoms with Gasteiger partial charge < -0.3 is 10.1 Å². The molecule has 1 aromatic rings. The Morgan fingerprint density at radius 3 is 2.26 bits per heavy atom. The van der Waals surface area contributed by atoms with E-state index in [2.05, 4.69) is 5.32 Å². The SMILES string of the molecule is CC1(C)COC(=O)N[C@H]1c1ccc(C(F)(F)F)cc1C(F)(F)F. The van der Waals surface area contributed by atoms with Gasteiger partial charge in [0.15, 0.2) is 0 Å². The molecule has 9 heteroatoms. The standard InChI is InChI=1S/C14H13F6NO2/c1-12(2)6-23-11(22)21-10(12)8-4-3-7(13(15,16)17)5-9(8)14(18,19)20/h3-5,10H,6H2,1-2H3,(H,21,22)/t10-/m0/s1. The average molecular weight is 341 g/mol. The number of alkyl halides is 6.